The van der Waals surface area contributed by atoms with Crippen molar-refractivity contribution in [1.29, 1.82) is 0 Å². The minimum absolute atomic E-state index is 0.298. The topological polar surface area (TPSA) is 51.4 Å². The Morgan fingerprint density at radius 2 is 1.42 bits per heavy atom. The van der Waals surface area contributed by atoms with Gasteiger partial charge in [0, 0.05) is 5.69 Å². The summed E-state index contributed by atoms with van der Waals surface area (Å²) in [5.41, 5.74) is 11.3. The van der Waals surface area contributed by atoms with Crippen LogP contribution in [0, 0.1) is 0 Å². The normalized spacial score (nSPS) is 22.1. The minimum Gasteiger partial charge on any atom is -0.352 e. The van der Waals surface area contributed by atoms with Crippen LogP contribution in [0.3, 0.4) is 0 Å². The summed E-state index contributed by atoms with van der Waals surface area (Å²) >= 11 is 5.55. The van der Waals surface area contributed by atoms with Crippen LogP contribution in [-0.2, 0) is 0 Å². The zero-order valence-electron chi connectivity index (χ0n) is 14.1. The lowest BCUT2D eigenvalue weighted by atomic mass is 9.91. The molecule has 4 N–H and O–H groups in total. The van der Waals surface area contributed by atoms with Gasteiger partial charge in [-0.15, -0.1) is 0 Å². The number of rotatable bonds is 5. The zero-order chi connectivity index (χ0) is 17.2. The zero-order valence-corrected chi connectivity index (χ0v) is 14.9. The molecule has 1 fully saturated rings. The molecular weight excluding hydrogens is 318 g/mol. The lowest BCUT2D eigenvalue weighted by Gasteiger charge is -2.43. The molecular formula is C18H23N5S. The maximum atomic E-state index is 5.55. The lowest BCUT2D eigenvalue weighted by molar-refractivity contribution is 0.128. The van der Waals surface area contributed by atoms with Gasteiger partial charge in [-0.3, -0.25) is 5.43 Å². The highest BCUT2D eigenvalue weighted by molar-refractivity contribution is 7.80. The van der Waals surface area contributed by atoms with Crippen LogP contribution in [0.1, 0.15) is 20.8 Å². The first-order chi connectivity index (χ1) is 11.4. The predicted molar refractivity (Wildman–Crippen MR) is 103 cm³/mol. The third kappa shape index (κ3) is 3.02. The minimum atomic E-state index is -0.504. The maximum Gasteiger partial charge on any atom is 0.190 e. The number of thiocarbonyl (C=S) groups is 1. The van der Waals surface area contributed by atoms with Crippen molar-refractivity contribution >= 4 is 28.7 Å². The first kappa shape index (κ1) is 16.5. The quantitative estimate of drug-likeness (QED) is 0.494. The van der Waals surface area contributed by atoms with Gasteiger partial charge in [-0.25, -0.2) is 10.4 Å². The van der Waals surface area contributed by atoms with Gasteiger partial charge in [-0.2, -0.15) is 0 Å². The summed E-state index contributed by atoms with van der Waals surface area (Å²) in [6.07, 6.45) is 0. The van der Waals surface area contributed by atoms with Crippen LogP contribution in [-0.4, -0.2) is 21.3 Å². The van der Waals surface area contributed by atoms with Gasteiger partial charge in [-0.1, -0.05) is 36.4 Å². The third-order valence-electron chi connectivity index (χ3n) is 4.53. The molecule has 1 aliphatic heterocycles. The second-order valence-corrected chi connectivity index (χ2v) is 6.94. The van der Waals surface area contributed by atoms with E-state index in [0.717, 1.165) is 11.4 Å². The predicted octanol–water partition coefficient (Wildman–Crippen LogP) is 3.32. The van der Waals surface area contributed by atoms with Crippen LogP contribution < -0.4 is 21.6 Å². The number of anilines is 2. The lowest BCUT2D eigenvalue weighted by Crippen LogP contribution is -2.67. The molecule has 0 bridgehead atoms. The van der Waals surface area contributed by atoms with E-state index in [1.807, 2.05) is 65.7 Å². The molecule has 1 saturated heterocycles. The Bertz CT molecular complexity index is 704. The molecule has 1 unspecified atom stereocenters. The molecule has 126 valence electrons. The van der Waals surface area contributed by atoms with Gasteiger partial charge in [0.15, 0.2) is 5.11 Å². The average molecular weight is 341 g/mol. The van der Waals surface area contributed by atoms with E-state index in [4.69, 9.17) is 12.2 Å². The number of para-hydroxylation sites is 2. The van der Waals surface area contributed by atoms with Crippen LogP contribution in [0.2, 0.25) is 0 Å². The molecule has 24 heavy (non-hydrogen) atoms. The molecule has 3 rings (SSSR count). The van der Waals surface area contributed by atoms with Gasteiger partial charge in [0.25, 0.3) is 0 Å². The molecule has 0 amide bonds. The smallest absolute Gasteiger partial charge is 0.190 e. The second-order valence-electron chi connectivity index (χ2n) is 6.56. The number of nitrogens with one attached hydrogen (secondary N) is 4. The monoisotopic (exact) mass is 341 g/mol. The van der Waals surface area contributed by atoms with Gasteiger partial charge in [0.2, 0.25) is 0 Å². The van der Waals surface area contributed by atoms with Gasteiger partial charge >= 0.3 is 0 Å². The van der Waals surface area contributed by atoms with E-state index >= 15 is 0 Å². The molecule has 2 aromatic carbocycles. The highest BCUT2D eigenvalue weighted by atomic mass is 32.1. The number of benzene rings is 2. The van der Waals surface area contributed by atoms with E-state index in [0.29, 0.717) is 5.11 Å². The van der Waals surface area contributed by atoms with Crippen LogP contribution in [0.4, 0.5) is 11.4 Å². The summed E-state index contributed by atoms with van der Waals surface area (Å²) in [5.74, 6) is 0. The number of hydrogen-bond donors (Lipinski definition) is 4. The van der Waals surface area contributed by atoms with Crippen molar-refractivity contribution in [3.8, 4) is 0 Å². The van der Waals surface area contributed by atoms with Gasteiger partial charge in [-0.05, 0) is 57.3 Å². The first-order valence-corrected chi connectivity index (χ1v) is 8.35. The van der Waals surface area contributed by atoms with E-state index in [9.17, 15) is 0 Å². The van der Waals surface area contributed by atoms with Crippen LogP contribution in [0.5, 0.6) is 0 Å². The van der Waals surface area contributed by atoms with Crippen LogP contribution in [0.25, 0.3) is 0 Å². The fraction of sp³-hybridized carbons (Fsp3) is 0.278. The van der Waals surface area contributed by atoms with Gasteiger partial charge in [0.1, 0.15) is 5.66 Å². The Morgan fingerprint density at radius 3 is 2.00 bits per heavy atom. The molecule has 1 heterocycles. The van der Waals surface area contributed by atoms with Gasteiger partial charge in [0.05, 0.1) is 11.2 Å². The Kier molecular flexibility index (Phi) is 4.34. The van der Waals surface area contributed by atoms with E-state index in [2.05, 4.69) is 42.4 Å². The second kappa shape index (κ2) is 6.30. The summed E-state index contributed by atoms with van der Waals surface area (Å²) in [6.45, 7) is 6.34. The van der Waals surface area contributed by atoms with Crippen molar-refractivity contribution in [1.82, 2.24) is 15.8 Å². The summed E-state index contributed by atoms with van der Waals surface area (Å²) in [7, 11) is 0. The number of nitrogens with zero attached hydrogens (tertiary/aromatic N) is 1. The molecule has 0 spiro atoms. The van der Waals surface area contributed by atoms with Crippen LogP contribution >= 0.6 is 12.2 Å². The van der Waals surface area contributed by atoms with Crippen molar-refractivity contribution in [2.24, 2.45) is 0 Å². The Labute approximate surface area is 148 Å². The molecule has 1 aliphatic rings. The van der Waals surface area contributed by atoms with Gasteiger partial charge < -0.3 is 10.7 Å². The van der Waals surface area contributed by atoms with E-state index < -0.39 is 5.66 Å². The molecule has 0 aromatic heterocycles. The van der Waals surface area contributed by atoms with E-state index in [1.165, 1.54) is 0 Å². The summed E-state index contributed by atoms with van der Waals surface area (Å²) in [4.78, 5) is 0. The average Bonchev–Trinajstić information content (AvgIpc) is 2.74. The number of hydrazine groups is 2. The van der Waals surface area contributed by atoms with Crippen molar-refractivity contribution < 1.29 is 0 Å². The molecule has 0 aliphatic carbocycles. The highest BCUT2D eigenvalue weighted by Crippen LogP contribution is 2.32. The summed E-state index contributed by atoms with van der Waals surface area (Å²) < 4.78 is 0. The fourth-order valence-corrected chi connectivity index (χ4v) is 3.14. The fourth-order valence-electron chi connectivity index (χ4n) is 2.66. The third-order valence-corrected chi connectivity index (χ3v) is 4.81. The highest BCUT2D eigenvalue weighted by Gasteiger charge is 2.54. The van der Waals surface area contributed by atoms with E-state index in [-0.39, 0.29) is 5.54 Å². The number of hydrogen-bond acceptors (Lipinski definition) is 4. The molecule has 1 atom stereocenters. The Hall–Kier alpha value is -2.31. The molecule has 6 heteroatoms. The largest absolute Gasteiger partial charge is 0.352 e. The standard InChI is InChI=1S/C18H23N5S/c1-17(2)18(3,22-20-14-10-6-4-7-11-14)23(16(24)19-17)21-15-12-8-5-9-13-15/h4-13,20-22H,1-3H3,(H,19,24). The first-order valence-electron chi connectivity index (χ1n) is 7.95. The Morgan fingerprint density at radius 1 is 0.875 bits per heavy atom. The summed E-state index contributed by atoms with van der Waals surface area (Å²) in [5, 5.41) is 5.98. The van der Waals surface area contributed by atoms with Crippen molar-refractivity contribution in [3.63, 3.8) is 0 Å². The van der Waals surface area contributed by atoms with E-state index in [1.54, 1.807) is 0 Å². The molecule has 5 nitrogen and oxygen atoms in total. The Balaban J connectivity index is 1.83. The molecule has 0 saturated carbocycles. The maximum absolute atomic E-state index is 5.55. The van der Waals surface area contributed by atoms with Crippen LogP contribution in [0.15, 0.2) is 60.7 Å². The van der Waals surface area contributed by atoms with Crippen molar-refractivity contribution in [2.45, 2.75) is 32.0 Å². The molecule has 0 radical (unpaired) electrons. The van der Waals surface area contributed by atoms with Crippen molar-refractivity contribution in [2.75, 3.05) is 10.9 Å². The summed E-state index contributed by atoms with van der Waals surface area (Å²) in [6, 6.07) is 20.0. The molecule has 2 aromatic rings. The van der Waals surface area contributed by atoms with Crippen molar-refractivity contribution in [3.05, 3.63) is 60.7 Å². The SMILES string of the molecule is CC1(C)NC(=S)N(Nc2ccccc2)C1(C)NNc1ccccc1.